The zero-order valence-corrected chi connectivity index (χ0v) is 15.6. The molecular formula is C19H21N3O3S. The average Bonchev–Trinajstić information content (AvgIpc) is 3.31. The van der Waals surface area contributed by atoms with E-state index in [2.05, 4.69) is 9.89 Å². The Morgan fingerprint density at radius 1 is 1.23 bits per heavy atom. The Morgan fingerprint density at radius 3 is 2.69 bits per heavy atom. The number of likely N-dealkylation sites (tertiary alicyclic amines) is 1. The first kappa shape index (κ1) is 17.1. The van der Waals surface area contributed by atoms with E-state index in [9.17, 15) is 14.7 Å². The molecule has 1 fully saturated rings. The Bertz CT molecular complexity index is 848. The zero-order valence-electron chi connectivity index (χ0n) is 14.8. The van der Waals surface area contributed by atoms with Gasteiger partial charge in [0.1, 0.15) is 0 Å². The Morgan fingerprint density at radius 2 is 2.00 bits per heavy atom. The SMILES string of the molecule is CC1=C(C(=O)N2C[C@@H](C(=O)O)[C@H](c3ccccc3C)C2)SC2=NCCN21. The van der Waals surface area contributed by atoms with Crippen molar-refractivity contribution in [1.82, 2.24) is 9.80 Å². The summed E-state index contributed by atoms with van der Waals surface area (Å²) in [5, 5.41) is 10.6. The summed E-state index contributed by atoms with van der Waals surface area (Å²) in [4.78, 5) is 33.8. The number of aliphatic carboxylic acids is 1. The normalized spacial score (nSPS) is 24.9. The van der Waals surface area contributed by atoms with Gasteiger partial charge in [-0.2, -0.15) is 0 Å². The number of benzene rings is 1. The summed E-state index contributed by atoms with van der Waals surface area (Å²) in [6.45, 7) is 6.19. The summed E-state index contributed by atoms with van der Waals surface area (Å²) in [6.07, 6.45) is 0. The summed E-state index contributed by atoms with van der Waals surface area (Å²) < 4.78 is 0. The molecule has 1 amide bonds. The molecular weight excluding hydrogens is 350 g/mol. The fraction of sp³-hybridized carbons (Fsp3) is 0.421. The number of nitrogens with zero attached hydrogens (tertiary/aromatic N) is 3. The van der Waals surface area contributed by atoms with Gasteiger partial charge in [0.2, 0.25) is 0 Å². The van der Waals surface area contributed by atoms with E-state index >= 15 is 0 Å². The third-order valence-electron chi connectivity index (χ3n) is 5.43. The average molecular weight is 371 g/mol. The first-order chi connectivity index (χ1) is 12.5. The smallest absolute Gasteiger partial charge is 0.308 e. The van der Waals surface area contributed by atoms with Gasteiger partial charge in [-0.1, -0.05) is 24.3 Å². The third-order valence-corrected chi connectivity index (χ3v) is 6.64. The summed E-state index contributed by atoms with van der Waals surface area (Å²) in [5.41, 5.74) is 3.02. The maximum atomic E-state index is 13.1. The van der Waals surface area contributed by atoms with Crippen LogP contribution in [0.15, 0.2) is 39.9 Å². The van der Waals surface area contributed by atoms with E-state index in [0.717, 1.165) is 35.1 Å². The van der Waals surface area contributed by atoms with E-state index in [0.29, 0.717) is 11.4 Å². The number of carbonyl (C=O) groups is 2. The molecule has 2 atom stereocenters. The number of amidine groups is 1. The van der Waals surface area contributed by atoms with Gasteiger partial charge >= 0.3 is 5.97 Å². The van der Waals surface area contributed by atoms with Crippen LogP contribution in [0.4, 0.5) is 0 Å². The molecule has 0 bridgehead atoms. The quantitative estimate of drug-likeness (QED) is 0.882. The van der Waals surface area contributed by atoms with Gasteiger partial charge < -0.3 is 14.9 Å². The number of carbonyl (C=O) groups excluding carboxylic acids is 1. The highest BCUT2D eigenvalue weighted by atomic mass is 32.2. The van der Waals surface area contributed by atoms with Gasteiger partial charge in [0.05, 0.1) is 17.4 Å². The summed E-state index contributed by atoms with van der Waals surface area (Å²) in [7, 11) is 0. The number of carboxylic acids is 1. The largest absolute Gasteiger partial charge is 0.481 e. The molecule has 3 heterocycles. The molecule has 136 valence electrons. The molecule has 3 aliphatic heterocycles. The van der Waals surface area contributed by atoms with Crippen molar-refractivity contribution in [3.63, 3.8) is 0 Å². The van der Waals surface area contributed by atoms with Crippen LogP contribution in [0.2, 0.25) is 0 Å². The highest BCUT2D eigenvalue weighted by Gasteiger charge is 2.43. The lowest BCUT2D eigenvalue weighted by Crippen LogP contribution is -2.30. The summed E-state index contributed by atoms with van der Waals surface area (Å²) in [5.74, 6) is -1.68. The second-order valence-corrected chi connectivity index (χ2v) is 7.93. The molecule has 7 heteroatoms. The predicted molar refractivity (Wildman–Crippen MR) is 101 cm³/mol. The topological polar surface area (TPSA) is 73.2 Å². The van der Waals surface area contributed by atoms with Gasteiger partial charge in [0.25, 0.3) is 5.91 Å². The van der Waals surface area contributed by atoms with Gasteiger partial charge in [0.15, 0.2) is 5.17 Å². The second-order valence-electron chi connectivity index (χ2n) is 6.95. The van der Waals surface area contributed by atoms with Gasteiger partial charge in [-0.05, 0) is 36.7 Å². The number of carboxylic acid groups (broad SMARTS) is 1. The number of thioether (sulfide) groups is 1. The predicted octanol–water partition coefficient (Wildman–Crippen LogP) is 2.27. The van der Waals surface area contributed by atoms with E-state index in [4.69, 9.17) is 0 Å². The molecule has 4 rings (SSSR count). The summed E-state index contributed by atoms with van der Waals surface area (Å²) in [6, 6.07) is 7.84. The molecule has 0 unspecified atom stereocenters. The highest BCUT2D eigenvalue weighted by molar-refractivity contribution is 8.18. The maximum absolute atomic E-state index is 13.1. The molecule has 6 nitrogen and oxygen atoms in total. The molecule has 1 aromatic carbocycles. The minimum absolute atomic E-state index is 0.0769. The Labute approximate surface area is 156 Å². The maximum Gasteiger partial charge on any atom is 0.308 e. The van der Waals surface area contributed by atoms with Crippen molar-refractivity contribution in [3.05, 3.63) is 46.0 Å². The fourth-order valence-electron chi connectivity index (χ4n) is 3.99. The van der Waals surface area contributed by atoms with Crippen molar-refractivity contribution < 1.29 is 14.7 Å². The van der Waals surface area contributed by atoms with Gasteiger partial charge in [-0.3, -0.25) is 14.6 Å². The highest BCUT2D eigenvalue weighted by Crippen LogP contribution is 2.40. The minimum atomic E-state index is -0.844. The number of rotatable bonds is 3. The Kier molecular flexibility index (Phi) is 4.26. The standard InChI is InChI=1S/C19H21N3O3S/c1-11-5-3-4-6-13(11)14-9-21(10-15(14)18(24)25)17(23)16-12(2)22-8-7-20-19(22)26-16/h3-6,14-15H,7-10H2,1-2H3,(H,24,25)/t14-,15+/m0/s1. The number of fused-ring (bicyclic) bond motifs is 1. The molecule has 0 radical (unpaired) electrons. The number of allylic oxidation sites excluding steroid dienone is 1. The molecule has 0 spiro atoms. The molecule has 1 N–H and O–H groups in total. The van der Waals surface area contributed by atoms with Crippen LogP contribution in [0.3, 0.4) is 0 Å². The van der Waals surface area contributed by atoms with Crippen molar-refractivity contribution in [2.75, 3.05) is 26.2 Å². The van der Waals surface area contributed by atoms with Gasteiger partial charge in [-0.25, -0.2) is 0 Å². The third kappa shape index (κ3) is 2.70. The molecule has 1 aromatic rings. The monoisotopic (exact) mass is 371 g/mol. The molecule has 0 aliphatic carbocycles. The van der Waals surface area contributed by atoms with Crippen molar-refractivity contribution in [3.8, 4) is 0 Å². The van der Waals surface area contributed by atoms with Crippen LogP contribution in [0.25, 0.3) is 0 Å². The number of amides is 1. The van der Waals surface area contributed by atoms with Crippen LogP contribution in [-0.2, 0) is 9.59 Å². The van der Waals surface area contributed by atoms with Crippen molar-refractivity contribution in [2.24, 2.45) is 10.9 Å². The fourth-order valence-corrected chi connectivity index (χ4v) is 5.14. The number of aliphatic imine (C=N–C) groups is 1. The van der Waals surface area contributed by atoms with Crippen molar-refractivity contribution in [2.45, 2.75) is 19.8 Å². The van der Waals surface area contributed by atoms with Crippen LogP contribution in [-0.4, -0.2) is 58.1 Å². The lowest BCUT2D eigenvalue weighted by atomic mass is 9.86. The lowest BCUT2D eigenvalue weighted by Gasteiger charge is -2.18. The van der Waals surface area contributed by atoms with E-state index < -0.39 is 11.9 Å². The van der Waals surface area contributed by atoms with E-state index in [1.165, 1.54) is 11.8 Å². The molecule has 3 aliphatic rings. The van der Waals surface area contributed by atoms with Gasteiger partial charge in [-0.15, -0.1) is 0 Å². The van der Waals surface area contributed by atoms with Crippen LogP contribution in [0.5, 0.6) is 0 Å². The van der Waals surface area contributed by atoms with Gasteiger partial charge in [0, 0.05) is 31.2 Å². The van der Waals surface area contributed by atoms with Crippen LogP contribution >= 0.6 is 11.8 Å². The lowest BCUT2D eigenvalue weighted by molar-refractivity contribution is -0.141. The second kappa shape index (κ2) is 6.46. The van der Waals surface area contributed by atoms with Crippen LogP contribution in [0, 0.1) is 12.8 Å². The molecule has 26 heavy (non-hydrogen) atoms. The number of hydrogen-bond donors (Lipinski definition) is 1. The molecule has 0 saturated carbocycles. The van der Waals surface area contributed by atoms with E-state index in [1.54, 1.807) is 4.90 Å². The Balaban J connectivity index is 1.60. The van der Waals surface area contributed by atoms with Crippen molar-refractivity contribution in [1.29, 1.82) is 0 Å². The Hall–Kier alpha value is -2.28. The molecule has 1 saturated heterocycles. The van der Waals surface area contributed by atoms with E-state index in [-0.39, 0.29) is 18.4 Å². The first-order valence-electron chi connectivity index (χ1n) is 8.75. The first-order valence-corrected chi connectivity index (χ1v) is 9.57. The molecule has 0 aromatic heterocycles. The van der Waals surface area contributed by atoms with Crippen LogP contribution in [0.1, 0.15) is 24.0 Å². The number of hydrogen-bond acceptors (Lipinski definition) is 5. The summed E-state index contributed by atoms with van der Waals surface area (Å²) >= 11 is 1.41. The van der Waals surface area contributed by atoms with Crippen LogP contribution < -0.4 is 0 Å². The zero-order chi connectivity index (χ0) is 18.4. The van der Waals surface area contributed by atoms with E-state index in [1.807, 2.05) is 38.1 Å². The minimum Gasteiger partial charge on any atom is -0.481 e. The number of aryl methyl sites for hydroxylation is 1. The van der Waals surface area contributed by atoms with Crippen molar-refractivity contribution >= 4 is 28.8 Å².